The second-order valence-corrected chi connectivity index (χ2v) is 4.55. The van der Waals surface area contributed by atoms with E-state index in [4.69, 9.17) is 16.9 Å². The Morgan fingerprint density at radius 3 is 3.00 bits per heavy atom. The molecule has 0 fully saturated rings. The van der Waals surface area contributed by atoms with E-state index >= 15 is 0 Å². The number of hydrogen-bond acceptors (Lipinski definition) is 4. The molecule has 0 amide bonds. The third-order valence-electron chi connectivity index (χ3n) is 3.08. The predicted octanol–water partition coefficient (Wildman–Crippen LogP) is 1.82. The number of fused-ring (bicyclic) bond motifs is 1. The van der Waals surface area contributed by atoms with Crippen molar-refractivity contribution in [3.05, 3.63) is 40.9 Å². The minimum absolute atomic E-state index is 0.488. The van der Waals surface area contributed by atoms with E-state index < -0.39 is 0 Å². The fourth-order valence-corrected chi connectivity index (χ4v) is 2.30. The van der Waals surface area contributed by atoms with E-state index in [2.05, 4.69) is 21.2 Å². The van der Waals surface area contributed by atoms with E-state index in [0.29, 0.717) is 17.1 Å². The summed E-state index contributed by atoms with van der Waals surface area (Å²) in [5, 5.41) is 17.3. The zero-order chi connectivity index (χ0) is 12.5. The minimum Gasteiger partial charge on any atom is -0.362 e. The Morgan fingerprint density at radius 2 is 2.22 bits per heavy atom. The van der Waals surface area contributed by atoms with Crippen molar-refractivity contribution < 1.29 is 0 Å². The number of halogens is 1. The summed E-state index contributed by atoms with van der Waals surface area (Å²) in [6.07, 6.45) is 1.75. The Balaban J connectivity index is 1.89. The van der Waals surface area contributed by atoms with E-state index in [1.54, 1.807) is 12.4 Å². The molecule has 0 atom stereocenters. The first-order valence-corrected chi connectivity index (χ1v) is 5.97. The number of anilines is 1. The topological polar surface area (TPSA) is 57.7 Å². The van der Waals surface area contributed by atoms with E-state index in [9.17, 15) is 0 Å². The van der Waals surface area contributed by atoms with Crippen LogP contribution < -0.4 is 4.90 Å². The molecule has 0 saturated heterocycles. The van der Waals surface area contributed by atoms with Crippen molar-refractivity contribution in [2.45, 2.75) is 13.1 Å². The molecule has 5 nitrogen and oxygen atoms in total. The molecule has 1 aliphatic heterocycles. The molecule has 0 unspecified atom stereocenters. The Kier molecular flexibility index (Phi) is 2.65. The molecular formula is C12H10ClN5. The highest BCUT2D eigenvalue weighted by Gasteiger charge is 2.18. The van der Waals surface area contributed by atoms with E-state index in [1.165, 1.54) is 0 Å². The summed E-state index contributed by atoms with van der Waals surface area (Å²) in [4.78, 5) is 2.18. The molecular weight excluding hydrogens is 250 g/mol. The molecule has 1 aromatic carbocycles. The van der Waals surface area contributed by atoms with Gasteiger partial charge in [0.1, 0.15) is 12.4 Å². The van der Waals surface area contributed by atoms with Gasteiger partial charge in [-0.3, -0.25) is 0 Å². The number of nitrogens with zero attached hydrogens (tertiary/aromatic N) is 5. The lowest BCUT2D eigenvalue weighted by molar-refractivity contribution is 0.560. The lowest BCUT2D eigenvalue weighted by Crippen LogP contribution is -2.33. The smallest absolute Gasteiger partial charge is 0.152 e. The molecule has 0 radical (unpaired) electrons. The summed E-state index contributed by atoms with van der Waals surface area (Å²) in [7, 11) is 0. The zero-order valence-corrected chi connectivity index (χ0v) is 10.3. The van der Waals surface area contributed by atoms with E-state index in [0.717, 1.165) is 24.6 Å². The lowest BCUT2D eigenvalue weighted by atomic mass is 10.2. The summed E-state index contributed by atoms with van der Waals surface area (Å²) in [6, 6.07) is 7.55. The monoisotopic (exact) mass is 259 g/mol. The van der Waals surface area contributed by atoms with Gasteiger partial charge in [-0.25, -0.2) is 0 Å². The van der Waals surface area contributed by atoms with Crippen LogP contribution in [-0.2, 0) is 13.1 Å². The van der Waals surface area contributed by atoms with E-state index in [1.807, 2.05) is 16.7 Å². The van der Waals surface area contributed by atoms with Crippen LogP contribution in [-0.4, -0.2) is 21.3 Å². The van der Waals surface area contributed by atoms with Crippen LogP contribution >= 0.6 is 11.6 Å². The van der Waals surface area contributed by atoms with Gasteiger partial charge in [0.25, 0.3) is 0 Å². The molecule has 0 spiro atoms. The van der Waals surface area contributed by atoms with Crippen LogP contribution in [0.2, 0.25) is 5.02 Å². The highest BCUT2D eigenvalue weighted by Crippen LogP contribution is 2.25. The lowest BCUT2D eigenvalue weighted by Gasteiger charge is -2.29. The Labute approximate surface area is 109 Å². The van der Waals surface area contributed by atoms with Crippen molar-refractivity contribution in [1.82, 2.24) is 14.8 Å². The number of benzene rings is 1. The van der Waals surface area contributed by atoms with Gasteiger partial charge in [-0.1, -0.05) is 11.6 Å². The minimum atomic E-state index is 0.488. The van der Waals surface area contributed by atoms with Crippen molar-refractivity contribution in [2.24, 2.45) is 0 Å². The number of nitriles is 1. The van der Waals surface area contributed by atoms with Crippen molar-refractivity contribution in [2.75, 3.05) is 11.4 Å². The molecule has 18 heavy (non-hydrogen) atoms. The van der Waals surface area contributed by atoms with E-state index in [-0.39, 0.29) is 0 Å². The fraction of sp³-hybridized carbons (Fsp3) is 0.250. The van der Waals surface area contributed by atoms with Crippen LogP contribution in [0.1, 0.15) is 11.4 Å². The highest BCUT2D eigenvalue weighted by atomic mass is 35.5. The van der Waals surface area contributed by atoms with Crippen molar-refractivity contribution >= 4 is 17.3 Å². The summed E-state index contributed by atoms with van der Waals surface area (Å²) in [5.41, 5.74) is 1.51. The summed E-state index contributed by atoms with van der Waals surface area (Å²) >= 11 is 6.05. The number of aromatic nitrogens is 3. The molecule has 1 aromatic heterocycles. The van der Waals surface area contributed by atoms with Gasteiger partial charge in [-0.05, 0) is 18.2 Å². The average Bonchev–Trinajstić information content (AvgIpc) is 2.85. The highest BCUT2D eigenvalue weighted by molar-refractivity contribution is 6.32. The summed E-state index contributed by atoms with van der Waals surface area (Å²) in [6.45, 7) is 2.45. The average molecular weight is 260 g/mol. The van der Waals surface area contributed by atoms with Crippen LogP contribution in [0.15, 0.2) is 24.5 Å². The summed E-state index contributed by atoms with van der Waals surface area (Å²) in [5.74, 6) is 0.946. The second-order valence-electron chi connectivity index (χ2n) is 4.14. The molecule has 90 valence electrons. The van der Waals surface area contributed by atoms with Gasteiger partial charge in [0.15, 0.2) is 5.82 Å². The first kappa shape index (κ1) is 11.1. The Morgan fingerprint density at radius 1 is 1.33 bits per heavy atom. The molecule has 1 aliphatic rings. The van der Waals surface area contributed by atoms with Gasteiger partial charge in [0.2, 0.25) is 0 Å². The maximum absolute atomic E-state index is 8.85. The van der Waals surface area contributed by atoms with Crippen molar-refractivity contribution in [1.29, 1.82) is 5.26 Å². The van der Waals surface area contributed by atoms with Crippen molar-refractivity contribution in [3.63, 3.8) is 0 Å². The van der Waals surface area contributed by atoms with Gasteiger partial charge in [-0.15, -0.1) is 10.2 Å². The molecule has 2 heterocycles. The summed E-state index contributed by atoms with van der Waals surface area (Å²) < 4.78 is 2.04. The standard InChI is InChI=1S/C12H10ClN5/c13-11-5-10(2-1-9(11)6-14)17-3-4-18-8-15-16-12(18)7-17/h1-2,5,8H,3-4,7H2. The van der Waals surface area contributed by atoms with Crippen LogP contribution in [0.25, 0.3) is 0 Å². The maximum Gasteiger partial charge on any atom is 0.152 e. The normalized spacial score (nSPS) is 14.1. The molecule has 6 heteroatoms. The Hall–Kier alpha value is -2.06. The third kappa shape index (κ3) is 1.81. The Bertz CT molecular complexity index is 628. The number of rotatable bonds is 1. The third-order valence-corrected chi connectivity index (χ3v) is 3.39. The number of hydrogen-bond donors (Lipinski definition) is 0. The second kappa shape index (κ2) is 4.31. The van der Waals surface area contributed by atoms with Gasteiger partial charge in [0, 0.05) is 18.8 Å². The van der Waals surface area contributed by atoms with Crippen molar-refractivity contribution in [3.8, 4) is 6.07 Å². The largest absolute Gasteiger partial charge is 0.362 e. The quantitative estimate of drug-likeness (QED) is 0.784. The maximum atomic E-state index is 8.85. The molecule has 0 N–H and O–H groups in total. The molecule has 3 rings (SSSR count). The molecule has 0 aliphatic carbocycles. The molecule has 0 saturated carbocycles. The van der Waals surface area contributed by atoms with Crippen LogP contribution in [0.5, 0.6) is 0 Å². The first-order valence-electron chi connectivity index (χ1n) is 5.59. The van der Waals surface area contributed by atoms with Gasteiger partial charge >= 0.3 is 0 Å². The van der Waals surface area contributed by atoms with Crippen LogP contribution in [0.4, 0.5) is 5.69 Å². The van der Waals surface area contributed by atoms with Crippen LogP contribution in [0.3, 0.4) is 0 Å². The molecule has 2 aromatic rings. The van der Waals surface area contributed by atoms with Gasteiger partial charge in [-0.2, -0.15) is 5.26 Å². The first-order chi connectivity index (χ1) is 8.78. The van der Waals surface area contributed by atoms with Gasteiger partial charge in [0.05, 0.1) is 17.1 Å². The predicted molar refractivity (Wildman–Crippen MR) is 67.2 cm³/mol. The zero-order valence-electron chi connectivity index (χ0n) is 9.54. The van der Waals surface area contributed by atoms with Gasteiger partial charge < -0.3 is 9.47 Å². The van der Waals surface area contributed by atoms with Crippen LogP contribution in [0, 0.1) is 11.3 Å². The fourth-order valence-electron chi connectivity index (χ4n) is 2.08. The molecule has 0 bridgehead atoms. The SMILES string of the molecule is N#Cc1ccc(N2CCn3cnnc3C2)cc1Cl.